The minimum Gasteiger partial charge on any atom is -0.493 e. The SMILES string of the molecule is CCOC(=O)C(O)c1cc(C)cc(C)c1OCC1CCC1. The maximum atomic E-state index is 11.8. The molecular formula is C17H24O4. The van der Waals surface area contributed by atoms with Crippen molar-refractivity contribution in [3.63, 3.8) is 0 Å². The van der Waals surface area contributed by atoms with Gasteiger partial charge in [-0.15, -0.1) is 0 Å². The zero-order valence-electron chi connectivity index (χ0n) is 13.0. The average molecular weight is 292 g/mol. The van der Waals surface area contributed by atoms with Crippen LogP contribution in [-0.4, -0.2) is 24.3 Å². The second-order valence-electron chi connectivity index (χ2n) is 5.76. The number of carbonyl (C=O) groups is 1. The summed E-state index contributed by atoms with van der Waals surface area (Å²) >= 11 is 0. The molecule has 0 saturated heterocycles. The molecule has 1 fully saturated rings. The molecule has 1 aromatic carbocycles. The Morgan fingerprint density at radius 1 is 1.38 bits per heavy atom. The molecule has 1 atom stereocenters. The van der Waals surface area contributed by atoms with Crippen LogP contribution in [0.1, 0.15) is 49.0 Å². The number of aliphatic hydroxyl groups excluding tert-OH is 1. The molecule has 0 radical (unpaired) electrons. The molecule has 1 unspecified atom stereocenters. The lowest BCUT2D eigenvalue weighted by atomic mass is 9.86. The van der Waals surface area contributed by atoms with Crippen molar-refractivity contribution in [1.82, 2.24) is 0 Å². The monoisotopic (exact) mass is 292 g/mol. The van der Waals surface area contributed by atoms with Gasteiger partial charge in [0.2, 0.25) is 0 Å². The number of aliphatic hydroxyl groups is 1. The van der Waals surface area contributed by atoms with Crippen molar-refractivity contribution in [2.45, 2.75) is 46.1 Å². The molecule has 1 aliphatic rings. The molecule has 0 aromatic heterocycles. The van der Waals surface area contributed by atoms with E-state index in [2.05, 4.69) is 0 Å². The van der Waals surface area contributed by atoms with Gasteiger partial charge in [-0.3, -0.25) is 0 Å². The van der Waals surface area contributed by atoms with Crippen LogP contribution in [0.2, 0.25) is 0 Å². The summed E-state index contributed by atoms with van der Waals surface area (Å²) in [6.07, 6.45) is 2.36. The third-order valence-corrected chi connectivity index (χ3v) is 3.94. The van der Waals surface area contributed by atoms with Gasteiger partial charge in [0, 0.05) is 5.56 Å². The topological polar surface area (TPSA) is 55.8 Å². The lowest BCUT2D eigenvalue weighted by molar-refractivity contribution is -0.153. The zero-order chi connectivity index (χ0) is 15.4. The molecular weight excluding hydrogens is 268 g/mol. The summed E-state index contributed by atoms with van der Waals surface area (Å²) in [4.78, 5) is 11.8. The van der Waals surface area contributed by atoms with Crippen LogP contribution in [0, 0.1) is 19.8 Å². The van der Waals surface area contributed by atoms with Gasteiger partial charge in [0.25, 0.3) is 0 Å². The average Bonchev–Trinajstić information content (AvgIpc) is 2.38. The number of benzene rings is 1. The van der Waals surface area contributed by atoms with Crippen LogP contribution in [0.15, 0.2) is 12.1 Å². The van der Waals surface area contributed by atoms with Crippen LogP contribution in [0.4, 0.5) is 0 Å². The predicted molar refractivity (Wildman–Crippen MR) is 80.3 cm³/mol. The van der Waals surface area contributed by atoms with E-state index in [4.69, 9.17) is 9.47 Å². The fourth-order valence-corrected chi connectivity index (χ4v) is 2.60. The van der Waals surface area contributed by atoms with E-state index in [1.165, 1.54) is 19.3 Å². The molecule has 4 heteroatoms. The van der Waals surface area contributed by atoms with Crippen molar-refractivity contribution in [3.8, 4) is 5.75 Å². The van der Waals surface area contributed by atoms with Crippen LogP contribution in [0.25, 0.3) is 0 Å². The van der Waals surface area contributed by atoms with Crippen LogP contribution in [-0.2, 0) is 9.53 Å². The Labute approximate surface area is 126 Å². The van der Waals surface area contributed by atoms with Gasteiger partial charge >= 0.3 is 5.97 Å². The van der Waals surface area contributed by atoms with Crippen molar-refractivity contribution >= 4 is 5.97 Å². The quantitative estimate of drug-likeness (QED) is 0.819. The molecule has 2 rings (SSSR count). The third-order valence-electron chi connectivity index (χ3n) is 3.94. The van der Waals surface area contributed by atoms with Gasteiger partial charge in [0.05, 0.1) is 13.2 Å². The summed E-state index contributed by atoms with van der Waals surface area (Å²) in [5.74, 6) is 0.585. The van der Waals surface area contributed by atoms with Gasteiger partial charge in [0.15, 0.2) is 6.10 Å². The Hall–Kier alpha value is -1.55. The predicted octanol–water partition coefficient (Wildman–Crippen LogP) is 3.08. The van der Waals surface area contributed by atoms with E-state index in [9.17, 15) is 9.90 Å². The van der Waals surface area contributed by atoms with E-state index in [1.807, 2.05) is 19.9 Å². The van der Waals surface area contributed by atoms with Crippen molar-refractivity contribution < 1.29 is 19.4 Å². The first-order valence-corrected chi connectivity index (χ1v) is 7.61. The van der Waals surface area contributed by atoms with E-state index in [0.717, 1.165) is 11.1 Å². The molecule has 21 heavy (non-hydrogen) atoms. The van der Waals surface area contributed by atoms with Crippen LogP contribution in [0.5, 0.6) is 5.75 Å². The fourth-order valence-electron chi connectivity index (χ4n) is 2.60. The van der Waals surface area contributed by atoms with E-state index < -0.39 is 12.1 Å². The highest BCUT2D eigenvalue weighted by Gasteiger charge is 2.25. The molecule has 1 aliphatic carbocycles. The highest BCUT2D eigenvalue weighted by atomic mass is 16.5. The Morgan fingerprint density at radius 2 is 2.10 bits per heavy atom. The van der Waals surface area contributed by atoms with Gasteiger partial charge in [-0.25, -0.2) is 4.79 Å². The van der Waals surface area contributed by atoms with Crippen LogP contribution < -0.4 is 4.74 Å². The number of esters is 1. The first-order chi connectivity index (χ1) is 10.0. The molecule has 1 N–H and O–H groups in total. The molecule has 1 saturated carbocycles. The Kier molecular flexibility index (Phi) is 5.23. The van der Waals surface area contributed by atoms with Gasteiger partial charge in [-0.05, 0) is 51.2 Å². The van der Waals surface area contributed by atoms with Gasteiger partial charge in [-0.2, -0.15) is 0 Å². The fraction of sp³-hybridized carbons (Fsp3) is 0.588. The number of ether oxygens (including phenoxy) is 2. The molecule has 1 aromatic rings. The molecule has 0 heterocycles. The van der Waals surface area contributed by atoms with Gasteiger partial charge < -0.3 is 14.6 Å². The van der Waals surface area contributed by atoms with Gasteiger partial charge in [0.1, 0.15) is 5.75 Å². The first kappa shape index (κ1) is 15.8. The largest absolute Gasteiger partial charge is 0.493 e. The molecule has 4 nitrogen and oxygen atoms in total. The second kappa shape index (κ2) is 6.94. The standard InChI is InChI=1S/C17H24O4/c1-4-20-17(19)15(18)14-9-11(2)8-12(3)16(14)21-10-13-6-5-7-13/h8-9,13,15,18H,4-7,10H2,1-3H3. The number of rotatable bonds is 6. The number of aryl methyl sites for hydroxylation is 2. The summed E-state index contributed by atoms with van der Waals surface area (Å²) in [6.45, 7) is 6.49. The lowest BCUT2D eigenvalue weighted by Crippen LogP contribution is -2.21. The van der Waals surface area contributed by atoms with E-state index in [1.54, 1.807) is 13.0 Å². The molecule has 0 amide bonds. The lowest BCUT2D eigenvalue weighted by Gasteiger charge is -2.27. The summed E-state index contributed by atoms with van der Waals surface area (Å²) in [6, 6.07) is 3.79. The van der Waals surface area contributed by atoms with Crippen molar-refractivity contribution in [2.24, 2.45) is 5.92 Å². The smallest absolute Gasteiger partial charge is 0.339 e. The van der Waals surface area contributed by atoms with E-state index in [-0.39, 0.29) is 6.61 Å². The maximum absolute atomic E-state index is 11.8. The maximum Gasteiger partial charge on any atom is 0.339 e. The van der Waals surface area contributed by atoms with Crippen molar-refractivity contribution in [3.05, 3.63) is 28.8 Å². The first-order valence-electron chi connectivity index (χ1n) is 7.61. The van der Waals surface area contributed by atoms with Crippen LogP contribution in [0.3, 0.4) is 0 Å². The number of carbonyl (C=O) groups excluding carboxylic acids is 1. The number of hydrogen-bond donors (Lipinski definition) is 1. The highest BCUT2D eigenvalue weighted by Crippen LogP contribution is 2.33. The second-order valence-corrected chi connectivity index (χ2v) is 5.76. The minimum atomic E-state index is -1.29. The Balaban J connectivity index is 2.21. The summed E-state index contributed by atoms with van der Waals surface area (Å²) in [5.41, 5.74) is 2.43. The third kappa shape index (κ3) is 3.76. The molecule has 116 valence electrons. The summed E-state index contributed by atoms with van der Waals surface area (Å²) in [7, 11) is 0. The molecule has 0 spiro atoms. The van der Waals surface area contributed by atoms with Crippen LogP contribution >= 0.6 is 0 Å². The molecule has 0 bridgehead atoms. The summed E-state index contributed by atoms with van der Waals surface area (Å²) < 4.78 is 10.8. The summed E-state index contributed by atoms with van der Waals surface area (Å²) in [5, 5.41) is 10.2. The highest BCUT2D eigenvalue weighted by molar-refractivity contribution is 5.77. The van der Waals surface area contributed by atoms with E-state index >= 15 is 0 Å². The van der Waals surface area contributed by atoms with Crippen molar-refractivity contribution in [2.75, 3.05) is 13.2 Å². The van der Waals surface area contributed by atoms with E-state index in [0.29, 0.717) is 23.8 Å². The Morgan fingerprint density at radius 3 is 2.67 bits per heavy atom. The zero-order valence-corrected chi connectivity index (χ0v) is 13.0. The Bertz CT molecular complexity index is 506. The normalized spacial score (nSPS) is 16.2. The minimum absolute atomic E-state index is 0.249. The number of hydrogen-bond acceptors (Lipinski definition) is 4. The molecule has 0 aliphatic heterocycles. The van der Waals surface area contributed by atoms with Gasteiger partial charge in [-0.1, -0.05) is 18.1 Å². The van der Waals surface area contributed by atoms with Crippen molar-refractivity contribution in [1.29, 1.82) is 0 Å².